The Morgan fingerprint density at radius 2 is 1.95 bits per heavy atom. The van der Waals surface area contributed by atoms with Gasteiger partial charge in [0.15, 0.2) is 0 Å². The molecule has 21 heavy (non-hydrogen) atoms. The van der Waals surface area contributed by atoms with Gasteiger partial charge in [-0.1, -0.05) is 37.3 Å². The Balaban J connectivity index is 1.69. The van der Waals surface area contributed by atoms with Crippen LogP contribution in [0.25, 0.3) is 0 Å². The molecule has 1 aromatic carbocycles. The van der Waals surface area contributed by atoms with Gasteiger partial charge in [0.2, 0.25) is 0 Å². The molecule has 1 saturated carbocycles. The molecule has 0 radical (unpaired) electrons. The molecule has 1 saturated heterocycles. The van der Waals surface area contributed by atoms with Crippen molar-refractivity contribution in [1.82, 2.24) is 15.1 Å². The molecule has 1 aliphatic carbocycles. The molecule has 2 aliphatic rings. The number of hydrogen-bond acceptors (Lipinski definition) is 3. The van der Waals surface area contributed by atoms with E-state index in [1.54, 1.807) is 0 Å². The maximum Gasteiger partial charge on any atom is 0.0473 e. The Kier molecular flexibility index (Phi) is 4.94. The van der Waals surface area contributed by atoms with Gasteiger partial charge in [-0.05, 0) is 31.9 Å². The van der Waals surface area contributed by atoms with Crippen LogP contribution in [-0.2, 0) is 0 Å². The maximum atomic E-state index is 3.74. The van der Waals surface area contributed by atoms with Gasteiger partial charge in [-0.2, -0.15) is 0 Å². The van der Waals surface area contributed by atoms with E-state index >= 15 is 0 Å². The smallest absolute Gasteiger partial charge is 0.0473 e. The van der Waals surface area contributed by atoms with Crippen molar-refractivity contribution in [2.75, 3.05) is 32.7 Å². The van der Waals surface area contributed by atoms with Gasteiger partial charge < -0.3 is 5.32 Å². The summed E-state index contributed by atoms with van der Waals surface area (Å²) in [6.45, 7) is 10.5. The Bertz CT molecular complexity index is 429. The van der Waals surface area contributed by atoms with Gasteiger partial charge in [-0.3, -0.25) is 9.80 Å². The number of nitrogens with one attached hydrogen (secondary N) is 1. The van der Waals surface area contributed by atoms with Crippen molar-refractivity contribution in [3.05, 3.63) is 35.9 Å². The van der Waals surface area contributed by atoms with Gasteiger partial charge in [-0.15, -0.1) is 0 Å². The molecule has 0 bridgehead atoms. The lowest BCUT2D eigenvalue weighted by molar-refractivity contribution is 0.0579. The van der Waals surface area contributed by atoms with Crippen LogP contribution in [0.5, 0.6) is 0 Å². The highest BCUT2D eigenvalue weighted by atomic mass is 15.3. The molecule has 1 aliphatic heterocycles. The molecular weight excluding hydrogens is 258 g/mol. The number of hydrogen-bond donors (Lipinski definition) is 1. The monoisotopic (exact) mass is 287 g/mol. The van der Waals surface area contributed by atoms with E-state index in [4.69, 9.17) is 0 Å². The zero-order valence-corrected chi connectivity index (χ0v) is 13.5. The molecule has 2 atom stereocenters. The van der Waals surface area contributed by atoms with E-state index in [2.05, 4.69) is 59.3 Å². The molecule has 3 heteroatoms. The first-order chi connectivity index (χ1) is 10.3. The predicted molar refractivity (Wildman–Crippen MR) is 88.5 cm³/mol. The summed E-state index contributed by atoms with van der Waals surface area (Å²) >= 11 is 0. The SMILES string of the molecule is CCN1CCN(C(CNC2CC2)c2ccccc2)CC1C. The molecule has 0 aromatic heterocycles. The summed E-state index contributed by atoms with van der Waals surface area (Å²) in [4.78, 5) is 5.27. The summed E-state index contributed by atoms with van der Waals surface area (Å²) in [5, 5.41) is 3.74. The quantitative estimate of drug-likeness (QED) is 0.867. The van der Waals surface area contributed by atoms with Gasteiger partial charge in [0.05, 0.1) is 0 Å². The summed E-state index contributed by atoms with van der Waals surface area (Å²) in [6, 6.07) is 13.0. The highest BCUT2D eigenvalue weighted by Crippen LogP contribution is 2.26. The van der Waals surface area contributed by atoms with Crippen LogP contribution in [0.3, 0.4) is 0 Å². The molecule has 2 unspecified atom stereocenters. The Morgan fingerprint density at radius 3 is 2.57 bits per heavy atom. The van der Waals surface area contributed by atoms with Crippen LogP contribution in [0.1, 0.15) is 38.3 Å². The number of likely N-dealkylation sites (N-methyl/N-ethyl adjacent to an activating group) is 1. The van der Waals surface area contributed by atoms with Crippen molar-refractivity contribution >= 4 is 0 Å². The molecule has 0 spiro atoms. The minimum absolute atomic E-state index is 0.522. The van der Waals surface area contributed by atoms with E-state index in [-0.39, 0.29) is 0 Å². The normalized spacial score (nSPS) is 25.9. The van der Waals surface area contributed by atoms with E-state index in [0.717, 1.165) is 12.6 Å². The fraction of sp³-hybridized carbons (Fsp3) is 0.667. The topological polar surface area (TPSA) is 18.5 Å². The molecule has 1 aromatic rings. The average molecular weight is 287 g/mol. The molecular formula is C18H29N3. The Labute approximate surface area is 129 Å². The van der Waals surface area contributed by atoms with Crippen LogP contribution < -0.4 is 5.32 Å². The first kappa shape index (κ1) is 15.0. The molecule has 2 fully saturated rings. The Morgan fingerprint density at radius 1 is 1.19 bits per heavy atom. The minimum atomic E-state index is 0.522. The standard InChI is InChI=1S/C18H29N3/c1-3-20-11-12-21(14-15(20)2)18(13-19-17-9-10-17)16-7-5-4-6-8-16/h4-8,15,17-19H,3,9-14H2,1-2H3. The van der Waals surface area contributed by atoms with E-state index in [9.17, 15) is 0 Å². The average Bonchev–Trinajstić information content (AvgIpc) is 3.33. The number of nitrogens with zero attached hydrogens (tertiary/aromatic N) is 2. The number of piperazine rings is 1. The second-order valence-corrected chi connectivity index (χ2v) is 6.58. The van der Waals surface area contributed by atoms with Crippen LogP contribution in [0.4, 0.5) is 0 Å². The van der Waals surface area contributed by atoms with Crippen molar-refractivity contribution in [1.29, 1.82) is 0 Å². The van der Waals surface area contributed by atoms with Crippen molar-refractivity contribution in [3.8, 4) is 0 Å². The molecule has 1 N–H and O–H groups in total. The van der Waals surface area contributed by atoms with Crippen molar-refractivity contribution in [2.24, 2.45) is 0 Å². The van der Waals surface area contributed by atoms with Gasteiger partial charge in [0.25, 0.3) is 0 Å². The lowest BCUT2D eigenvalue weighted by atomic mass is 10.0. The van der Waals surface area contributed by atoms with Gasteiger partial charge >= 0.3 is 0 Å². The second-order valence-electron chi connectivity index (χ2n) is 6.58. The van der Waals surface area contributed by atoms with E-state index in [0.29, 0.717) is 12.1 Å². The van der Waals surface area contributed by atoms with Gasteiger partial charge in [-0.25, -0.2) is 0 Å². The summed E-state index contributed by atoms with van der Waals surface area (Å²) in [5.74, 6) is 0. The second kappa shape index (κ2) is 6.91. The summed E-state index contributed by atoms with van der Waals surface area (Å²) in [5.41, 5.74) is 1.46. The molecule has 3 rings (SSSR count). The summed E-state index contributed by atoms with van der Waals surface area (Å²) in [6.07, 6.45) is 2.73. The fourth-order valence-corrected chi connectivity index (χ4v) is 3.47. The van der Waals surface area contributed by atoms with Crippen LogP contribution in [0.2, 0.25) is 0 Å². The highest BCUT2D eigenvalue weighted by molar-refractivity contribution is 5.20. The molecule has 116 valence electrons. The largest absolute Gasteiger partial charge is 0.312 e. The third kappa shape index (κ3) is 3.85. The van der Waals surface area contributed by atoms with Crippen molar-refractivity contribution in [2.45, 2.75) is 44.8 Å². The third-order valence-electron chi connectivity index (χ3n) is 5.01. The maximum absolute atomic E-state index is 3.74. The first-order valence-electron chi connectivity index (χ1n) is 8.54. The lowest BCUT2D eigenvalue weighted by Gasteiger charge is -2.43. The van der Waals surface area contributed by atoms with Crippen LogP contribution >= 0.6 is 0 Å². The Hall–Kier alpha value is -0.900. The molecule has 1 heterocycles. The van der Waals surface area contributed by atoms with Crippen LogP contribution in [0.15, 0.2) is 30.3 Å². The fourth-order valence-electron chi connectivity index (χ4n) is 3.47. The summed E-state index contributed by atoms with van der Waals surface area (Å²) < 4.78 is 0. The van der Waals surface area contributed by atoms with E-state index in [1.807, 2.05) is 0 Å². The zero-order valence-electron chi connectivity index (χ0n) is 13.5. The van der Waals surface area contributed by atoms with E-state index < -0.39 is 0 Å². The predicted octanol–water partition coefficient (Wildman–Crippen LogP) is 2.51. The van der Waals surface area contributed by atoms with Gasteiger partial charge in [0, 0.05) is 44.3 Å². The van der Waals surface area contributed by atoms with Crippen molar-refractivity contribution < 1.29 is 0 Å². The lowest BCUT2D eigenvalue weighted by Crippen LogP contribution is -2.53. The minimum Gasteiger partial charge on any atom is -0.312 e. The molecule has 3 nitrogen and oxygen atoms in total. The third-order valence-corrected chi connectivity index (χ3v) is 5.01. The van der Waals surface area contributed by atoms with Crippen LogP contribution in [-0.4, -0.2) is 54.6 Å². The number of rotatable bonds is 6. The zero-order chi connectivity index (χ0) is 14.7. The number of benzene rings is 1. The molecule has 0 amide bonds. The first-order valence-corrected chi connectivity index (χ1v) is 8.54. The van der Waals surface area contributed by atoms with E-state index in [1.165, 1.54) is 44.6 Å². The van der Waals surface area contributed by atoms with Crippen LogP contribution in [0, 0.1) is 0 Å². The summed E-state index contributed by atoms with van der Waals surface area (Å²) in [7, 11) is 0. The highest BCUT2D eigenvalue weighted by Gasteiger charge is 2.30. The van der Waals surface area contributed by atoms with Gasteiger partial charge in [0.1, 0.15) is 0 Å². The van der Waals surface area contributed by atoms with Crippen molar-refractivity contribution in [3.63, 3.8) is 0 Å².